The predicted molar refractivity (Wildman–Crippen MR) is 95.4 cm³/mol. The van der Waals surface area contributed by atoms with Crippen molar-refractivity contribution >= 4 is 5.91 Å². The summed E-state index contributed by atoms with van der Waals surface area (Å²) >= 11 is 0. The van der Waals surface area contributed by atoms with E-state index in [1.165, 1.54) is 18.4 Å². The minimum absolute atomic E-state index is 0.0719. The van der Waals surface area contributed by atoms with Gasteiger partial charge in [-0.15, -0.1) is 0 Å². The number of piperazine rings is 1. The number of amides is 1. The summed E-state index contributed by atoms with van der Waals surface area (Å²) in [5.74, 6) is 1.01. The van der Waals surface area contributed by atoms with Crippen LogP contribution in [0, 0.1) is 0 Å². The fourth-order valence-electron chi connectivity index (χ4n) is 4.02. The molecule has 1 saturated heterocycles. The lowest BCUT2D eigenvalue weighted by Gasteiger charge is -2.33. The summed E-state index contributed by atoms with van der Waals surface area (Å²) in [5, 5.41) is 6.55. The first kappa shape index (κ1) is 17.2. The molecule has 1 aromatic carbocycles. The van der Waals surface area contributed by atoms with Crippen LogP contribution in [0.1, 0.15) is 31.2 Å². The zero-order valence-electron chi connectivity index (χ0n) is 14.8. The molecule has 1 unspecified atom stereocenters. The number of carbonyl (C=O) groups is 1. The second-order valence-corrected chi connectivity index (χ2v) is 7.20. The van der Waals surface area contributed by atoms with Gasteiger partial charge in [-0.1, -0.05) is 25.0 Å². The van der Waals surface area contributed by atoms with E-state index < -0.39 is 0 Å². The van der Waals surface area contributed by atoms with E-state index >= 15 is 0 Å². The highest BCUT2D eigenvalue weighted by Gasteiger charge is 2.36. The molecule has 2 fully saturated rings. The summed E-state index contributed by atoms with van der Waals surface area (Å²) in [6.07, 6.45) is 4.73. The van der Waals surface area contributed by atoms with Gasteiger partial charge in [0.05, 0.1) is 13.2 Å². The number of benzene rings is 1. The number of rotatable bonds is 5. The SMILES string of the molecule is COc1ccc(C2(CNC(=O)C3CN(C)CCN3)CCCC2)cc1. The molecule has 2 aliphatic rings. The third-order valence-corrected chi connectivity index (χ3v) is 5.56. The van der Waals surface area contributed by atoms with Crippen LogP contribution in [0.4, 0.5) is 0 Å². The third-order valence-electron chi connectivity index (χ3n) is 5.56. The molecule has 0 spiro atoms. The first-order valence-corrected chi connectivity index (χ1v) is 8.97. The fraction of sp³-hybridized carbons (Fsp3) is 0.632. The molecule has 1 saturated carbocycles. The van der Waals surface area contributed by atoms with Crippen LogP contribution in [0.25, 0.3) is 0 Å². The van der Waals surface area contributed by atoms with Crippen LogP contribution >= 0.6 is 0 Å². The van der Waals surface area contributed by atoms with Crippen LogP contribution in [0.5, 0.6) is 5.75 Å². The number of nitrogens with one attached hydrogen (secondary N) is 2. The Hall–Kier alpha value is -1.59. The highest BCUT2D eigenvalue weighted by molar-refractivity contribution is 5.82. The zero-order chi connectivity index (χ0) is 17.0. The van der Waals surface area contributed by atoms with Gasteiger partial charge in [0.2, 0.25) is 5.91 Å². The first-order chi connectivity index (χ1) is 11.6. The molecule has 132 valence electrons. The summed E-state index contributed by atoms with van der Waals surface area (Å²) in [4.78, 5) is 14.8. The Morgan fingerprint density at radius 1 is 1.33 bits per heavy atom. The van der Waals surface area contributed by atoms with Gasteiger partial charge in [-0.05, 0) is 37.6 Å². The summed E-state index contributed by atoms with van der Waals surface area (Å²) in [6, 6.07) is 8.26. The second kappa shape index (κ2) is 7.53. The topological polar surface area (TPSA) is 53.6 Å². The Balaban J connectivity index is 1.66. The number of hydrogen-bond donors (Lipinski definition) is 2. The van der Waals surface area contributed by atoms with Gasteiger partial charge in [0.25, 0.3) is 0 Å². The Kier molecular flexibility index (Phi) is 5.41. The van der Waals surface area contributed by atoms with Crippen molar-refractivity contribution in [3.63, 3.8) is 0 Å². The van der Waals surface area contributed by atoms with Crippen molar-refractivity contribution in [2.45, 2.75) is 37.1 Å². The highest BCUT2D eigenvalue weighted by Crippen LogP contribution is 2.41. The lowest BCUT2D eigenvalue weighted by molar-refractivity contribution is -0.124. The van der Waals surface area contributed by atoms with E-state index in [1.807, 2.05) is 12.1 Å². The molecule has 3 rings (SSSR count). The molecule has 1 aromatic rings. The van der Waals surface area contributed by atoms with Crippen molar-refractivity contribution in [3.8, 4) is 5.75 Å². The van der Waals surface area contributed by atoms with Crippen molar-refractivity contribution in [1.82, 2.24) is 15.5 Å². The van der Waals surface area contributed by atoms with Gasteiger partial charge in [0.1, 0.15) is 5.75 Å². The first-order valence-electron chi connectivity index (χ1n) is 8.97. The van der Waals surface area contributed by atoms with Crippen LogP contribution in [0.15, 0.2) is 24.3 Å². The molecule has 1 aliphatic carbocycles. The van der Waals surface area contributed by atoms with E-state index in [1.54, 1.807) is 7.11 Å². The van der Waals surface area contributed by atoms with Gasteiger partial charge in [0.15, 0.2) is 0 Å². The molecular formula is C19H29N3O2. The van der Waals surface area contributed by atoms with E-state index in [0.29, 0.717) is 0 Å². The average Bonchev–Trinajstić information content (AvgIpc) is 3.10. The molecule has 1 amide bonds. The molecule has 1 atom stereocenters. The van der Waals surface area contributed by atoms with Gasteiger partial charge in [0, 0.05) is 31.6 Å². The summed E-state index contributed by atoms with van der Waals surface area (Å²) in [5.41, 5.74) is 1.39. The van der Waals surface area contributed by atoms with Crippen LogP contribution in [0.2, 0.25) is 0 Å². The molecular weight excluding hydrogens is 302 g/mol. The predicted octanol–water partition coefficient (Wildman–Crippen LogP) is 1.53. The van der Waals surface area contributed by atoms with Crippen molar-refractivity contribution in [2.24, 2.45) is 0 Å². The molecule has 0 bridgehead atoms. The van der Waals surface area contributed by atoms with Gasteiger partial charge in [-0.2, -0.15) is 0 Å². The minimum atomic E-state index is -0.0990. The number of carbonyl (C=O) groups excluding carboxylic acids is 1. The van der Waals surface area contributed by atoms with Crippen molar-refractivity contribution in [2.75, 3.05) is 40.3 Å². The average molecular weight is 331 g/mol. The number of likely N-dealkylation sites (N-methyl/N-ethyl adjacent to an activating group) is 1. The normalized spacial score (nSPS) is 23.8. The van der Waals surface area contributed by atoms with Crippen molar-refractivity contribution in [1.29, 1.82) is 0 Å². The van der Waals surface area contributed by atoms with E-state index in [0.717, 1.165) is 44.8 Å². The molecule has 2 N–H and O–H groups in total. The smallest absolute Gasteiger partial charge is 0.238 e. The molecule has 1 heterocycles. The standard InChI is InChI=1S/C19H29N3O2/c1-22-12-11-20-17(13-22)18(23)21-14-19(9-3-4-10-19)15-5-7-16(24-2)8-6-15/h5-8,17,20H,3-4,9-14H2,1-2H3,(H,21,23). The Labute approximate surface area is 144 Å². The minimum Gasteiger partial charge on any atom is -0.497 e. The van der Waals surface area contributed by atoms with Crippen LogP contribution in [0.3, 0.4) is 0 Å². The van der Waals surface area contributed by atoms with Gasteiger partial charge >= 0.3 is 0 Å². The number of nitrogens with zero attached hydrogens (tertiary/aromatic N) is 1. The summed E-state index contributed by atoms with van der Waals surface area (Å²) in [6.45, 7) is 3.37. The van der Waals surface area contributed by atoms with E-state index in [9.17, 15) is 4.79 Å². The maximum absolute atomic E-state index is 12.6. The maximum Gasteiger partial charge on any atom is 0.238 e. The van der Waals surface area contributed by atoms with Crippen LogP contribution in [-0.4, -0.2) is 57.2 Å². The van der Waals surface area contributed by atoms with E-state index in [-0.39, 0.29) is 17.4 Å². The van der Waals surface area contributed by atoms with Crippen LogP contribution in [-0.2, 0) is 10.2 Å². The Morgan fingerprint density at radius 2 is 2.04 bits per heavy atom. The van der Waals surface area contributed by atoms with Crippen molar-refractivity contribution < 1.29 is 9.53 Å². The maximum atomic E-state index is 12.6. The third kappa shape index (κ3) is 3.73. The molecule has 1 aliphatic heterocycles. The summed E-state index contributed by atoms with van der Waals surface area (Å²) < 4.78 is 5.27. The molecule has 0 radical (unpaired) electrons. The van der Waals surface area contributed by atoms with Gasteiger partial charge in [-0.25, -0.2) is 0 Å². The zero-order valence-corrected chi connectivity index (χ0v) is 14.8. The number of hydrogen-bond acceptors (Lipinski definition) is 4. The van der Waals surface area contributed by atoms with Crippen molar-refractivity contribution in [3.05, 3.63) is 29.8 Å². The van der Waals surface area contributed by atoms with Gasteiger partial charge < -0.3 is 20.3 Å². The monoisotopic (exact) mass is 331 g/mol. The Bertz CT molecular complexity index is 552. The quantitative estimate of drug-likeness (QED) is 0.859. The van der Waals surface area contributed by atoms with E-state index in [2.05, 4.69) is 34.7 Å². The number of ether oxygens (including phenoxy) is 1. The molecule has 5 nitrogen and oxygen atoms in total. The number of methoxy groups -OCH3 is 1. The molecule has 0 aromatic heterocycles. The van der Waals surface area contributed by atoms with Gasteiger partial charge in [-0.3, -0.25) is 4.79 Å². The lowest BCUT2D eigenvalue weighted by atomic mass is 9.78. The van der Waals surface area contributed by atoms with Crippen LogP contribution < -0.4 is 15.4 Å². The second-order valence-electron chi connectivity index (χ2n) is 7.20. The fourth-order valence-corrected chi connectivity index (χ4v) is 4.02. The largest absolute Gasteiger partial charge is 0.497 e. The Morgan fingerprint density at radius 3 is 2.67 bits per heavy atom. The molecule has 24 heavy (non-hydrogen) atoms. The lowest BCUT2D eigenvalue weighted by Crippen LogP contribution is -2.57. The molecule has 5 heteroatoms. The summed E-state index contributed by atoms with van der Waals surface area (Å²) in [7, 11) is 3.76. The highest BCUT2D eigenvalue weighted by atomic mass is 16.5. The van der Waals surface area contributed by atoms with E-state index in [4.69, 9.17) is 4.74 Å².